The van der Waals surface area contributed by atoms with Crippen LogP contribution in [0, 0.1) is 5.41 Å². The minimum Gasteiger partial charge on any atom is -0.388 e. The van der Waals surface area contributed by atoms with Gasteiger partial charge in [-0.05, 0) is 37.2 Å². The fraction of sp³-hybridized carbons (Fsp3) is 0.733. The Balaban J connectivity index is 1.90. The predicted molar refractivity (Wildman–Crippen MR) is 78.4 cm³/mol. The van der Waals surface area contributed by atoms with Crippen molar-refractivity contribution >= 4 is 9.84 Å². The molecular weight excluding hydrogens is 274 g/mol. The van der Waals surface area contributed by atoms with Crippen LogP contribution in [0.25, 0.3) is 0 Å². The van der Waals surface area contributed by atoms with E-state index in [9.17, 15) is 13.5 Å². The van der Waals surface area contributed by atoms with E-state index in [4.69, 9.17) is 0 Å². The number of hydrogen-bond donors (Lipinski definition) is 1. The lowest BCUT2D eigenvalue weighted by Crippen LogP contribution is -2.30. The highest BCUT2D eigenvalue weighted by atomic mass is 32.2. The molecule has 1 atom stereocenters. The van der Waals surface area contributed by atoms with Crippen LogP contribution in [-0.2, 0) is 16.3 Å². The molecule has 4 nitrogen and oxygen atoms in total. The zero-order valence-electron chi connectivity index (χ0n) is 12.2. The fourth-order valence-corrected chi connectivity index (χ4v) is 5.12. The van der Waals surface area contributed by atoms with Gasteiger partial charge >= 0.3 is 0 Å². The van der Waals surface area contributed by atoms with Gasteiger partial charge in [-0.1, -0.05) is 13.8 Å². The summed E-state index contributed by atoms with van der Waals surface area (Å²) in [7, 11) is -2.82. The summed E-state index contributed by atoms with van der Waals surface area (Å²) in [4.78, 5) is 0. The van der Waals surface area contributed by atoms with Crippen LogP contribution in [0.5, 0.6) is 0 Å². The molecule has 0 aromatic carbocycles. The van der Waals surface area contributed by atoms with Crippen molar-refractivity contribution in [3.63, 3.8) is 0 Å². The molecule has 0 amide bonds. The first kappa shape index (κ1) is 14.1. The first-order valence-electron chi connectivity index (χ1n) is 7.35. The number of aromatic nitrogens is 1. The van der Waals surface area contributed by atoms with Crippen molar-refractivity contribution in [2.45, 2.75) is 51.7 Å². The first-order chi connectivity index (χ1) is 9.27. The fourth-order valence-electron chi connectivity index (χ4n) is 3.65. The van der Waals surface area contributed by atoms with Gasteiger partial charge in [-0.15, -0.1) is 0 Å². The highest BCUT2D eigenvalue weighted by Gasteiger charge is 2.35. The summed E-state index contributed by atoms with van der Waals surface area (Å²) >= 11 is 0. The number of sulfone groups is 1. The molecule has 1 N–H and O–H groups in total. The van der Waals surface area contributed by atoms with Gasteiger partial charge < -0.3 is 9.67 Å². The van der Waals surface area contributed by atoms with Gasteiger partial charge in [0.1, 0.15) is 9.84 Å². The van der Waals surface area contributed by atoms with Crippen molar-refractivity contribution in [2.75, 3.05) is 11.5 Å². The first-order valence-corrected chi connectivity index (χ1v) is 9.18. The molecule has 5 heteroatoms. The molecule has 0 saturated carbocycles. The lowest BCUT2D eigenvalue weighted by Gasteiger charge is -2.35. The van der Waals surface area contributed by atoms with Crippen LogP contribution < -0.4 is 0 Å². The average Bonchev–Trinajstić information content (AvgIpc) is 2.71. The molecule has 2 heterocycles. The Morgan fingerprint density at radius 2 is 1.95 bits per heavy atom. The molecule has 2 aliphatic rings. The van der Waals surface area contributed by atoms with Crippen molar-refractivity contribution in [3.8, 4) is 0 Å². The van der Waals surface area contributed by atoms with Crippen LogP contribution in [0.4, 0.5) is 0 Å². The van der Waals surface area contributed by atoms with Gasteiger partial charge in [0.15, 0.2) is 0 Å². The maximum Gasteiger partial charge on any atom is 0.150 e. The van der Waals surface area contributed by atoms with Crippen molar-refractivity contribution in [1.82, 2.24) is 4.57 Å². The molecule has 1 aromatic heterocycles. The minimum atomic E-state index is -2.82. The van der Waals surface area contributed by atoms with Gasteiger partial charge in [0.2, 0.25) is 0 Å². The van der Waals surface area contributed by atoms with E-state index in [1.54, 1.807) is 0 Å². The Hall–Kier alpha value is -0.810. The molecule has 20 heavy (non-hydrogen) atoms. The Morgan fingerprint density at radius 3 is 2.60 bits per heavy atom. The lowest BCUT2D eigenvalue weighted by atomic mass is 9.75. The van der Waals surface area contributed by atoms with Crippen LogP contribution in [0.2, 0.25) is 0 Å². The Morgan fingerprint density at radius 1 is 1.30 bits per heavy atom. The Labute approximate surface area is 120 Å². The molecule has 1 fully saturated rings. The maximum absolute atomic E-state index is 11.6. The van der Waals surface area contributed by atoms with Crippen molar-refractivity contribution < 1.29 is 13.5 Å². The molecule has 1 aliphatic heterocycles. The summed E-state index contributed by atoms with van der Waals surface area (Å²) in [6, 6.07) is 2.28. The smallest absolute Gasteiger partial charge is 0.150 e. The monoisotopic (exact) mass is 297 g/mol. The van der Waals surface area contributed by atoms with E-state index in [1.807, 2.05) is 12.3 Å². The summed E-state index contributed by atoms with van der Waals surface area (Å²) < 4.78 is 25.4. The molecule has 0 radical (unpaired) electrons. The number of nitrogens with zero attached hydrogens (tertiary/aromatic N) is 1. The number of fused-ring (bicyclic) bond motifs is 1. The Kier molecular flexibility index (Phi) is 3.25. The van der Waals surface area contributed by atoms with Gasteiger partial charge in [-0.2, -0.15) is 0 Å². The van der Waals surface area contributed by atoms with Gasteiger partial charge in [0.05, 0.1) is 17.6 Å². The van der Waals surface area contributed by atoms with E-state index in [1.165, 1.54) is 5.69 Å². The van der Waals surface area contributed by atoms with Crippen LogP contribution in [0.15, 0.2) is 12.3 Å². The van der Waals surface area contributed by atoms with Crippen LogP contribution >= 0.6 is 0 Å². The van der Waals surface area contributed by atoms with Gasteiger partial charge in [0, 0.05) is 23.5 Å². The molecule has 1 aliphatic carbocycles. The zero-order chi connectivity index (χ0) is 14.5. The van der Waals surface area contributed by atoms with Gasteiger partial charge in [0.25, 0.3) is 0 Å². The number of hydrogen-bond acceptors (Lipinski definition) is 3. The molecule has 0 bridgehead atoms. The van der Waals surface area contributed by atoms with E-state index in [-0.39, 0.29) is 29.1 Å². The van der Waals surface area contributed by atoms with Gasteiger partial charge in [-0.25, -0.2) is 8.42 Å². The normalized spacial score (nSPS) is 29.1. The minimum absolute atomic E-state index is 0.100. The summed E-state index contributed by atoms with van der Waals surface area (Å²) in [6.45, 7) is 4.36. The summed E-state index contributed by atoms with van der Waals surface area (Å²) in [5, 5.41) is 10.3. The highest BCUT2D eigenvalue weighted by Crippen LogP contribution is 2.42. The average molecular weight is 297 g/mol. The number of aliphatic hydroxyl groups excluding tert-OH is 1. The number of aliphatic hydroxyl groups is 1. The molecule has 0 spiro atoms. The standard InChI is InChI=1S/C15H23NO3S/c1-15(2)9-13-12(14(17)10-15)3-6-16(13)11-4-7-20(18,19)8-5-11/h3,6,11,14,17H,4-5,7-10H2,1-2H3. The predicted octanol–water partition coefficient (Wildman–Crippen LogP) is 2.24. The van der Waals surface area contributed by atoms with Crippen LogP contribution in [0.3, 0.4) is 0 Å². The molecule has 112 valence electrons. The van der Waals surface area contributed by atoms with E-state index in [0.29, 0.717) is 12.8 Å². The van der Waals surface area contributed by atoms with E-state index in [2.05, 4.69) is 18.4 Å². The Bertz CT molecular complexity index is 601. The third-order valence-corrected chi connectivity index (χ3v) is 6.44. The van der Waals surface area contributed by atoms with Crippen LogP contribution in [-0.4, -0.2) is 29.6 Å². The van der Waals surface area contributed by atoms with Gasteiger partial charge in [-0.3, -0.25) is 0 Å². The lowest BCUT2D eigenvalue weighted by molar-refractivity contribution is 0.0973. The summed E-state index contributed by atoms with van der Waals surface area (Å²) in [5.74, 6) is 0.577. The second-order valence-electron chi connectivity index (χ2n) is 7.07. The molecule has 1 unspecified atom stereocenters. The second kappa shape index (κ2) is 4.60. The van der Waals surface area contributed by atoms with Crippen molar-refractivity contribution in [1.29, 1.82) is 0 Å². The maximum atomic E-state index is 11.6. The van der Waals surface area contributed by atoms with Crippen molar-refractivity contribution in [2.24, 2.45) is 5.41 Å². The zero-order valence-corrected chi connectivity index (χ0v) is 13.0. The van der Waals surface area contributed by atoms with E-state index in [0.717, 1.165) is 18.4 Å². The SMILES string of the molecule is CC1(C)Cc2c(ccn2C2CCS(=O)(=O)CC2)C(O)C1. The quantitative estimate of drug-likeness (QED) is 0.865. The number of rotatable bonds is 1. The van der Waals surface area contributed by atoms with Crippen molar-refractivity contribution in [3.05, 3.63) is 23.5 Å². The molecular formula is C15H23NO3S. The molecule has 1 saturated heterocycles. The van der Waals surface area contributed by atoms with E-state index >= 15 is 0 Å². The topological polar surface area (TPSA) is 59.3 Å². The summed E-state index contributed by atoms with van der Waals surface area (Å²) in [6.07, 6.45) is 4.79. The second-order valence-corrected chi connectivity index (χ2v) is 9.37. The third kappa shape index (κ3) is 2.53. The third-order valence-electron chi connectivity index (χ3n) is 4.73. The van der Waals surface area contributed by atoms with E-state index < -0.39 is 9.84 Å². The highest BCUT2D eigenvalue weighted by molar-refractivity contribution is 7.91. The summed E-state index contributed by atoms with van der Waals surface area (Å²) in [5.41, 5.74) is 2.35. The molecule has 3 rings (SSSR count). The van der Waals surface area contributed by atoms with Crippen LogP contribution in [0.1, 0.15) is 56.5 Å². The largest absolute Gasteiger partial charge is 0.388 e. The molecule has 1 aromatic rings.